The highest BCUT2D eigenvalue weighted by molar-refractivity contribution is 5.72. The molecule has 2 aromatic heterocycles. The molecule has 0 fully saturated rings. The first-order valence-corrected chi connectivity index (χ1v) is 7.78. The van der Waals surface area contributed by atoms with Crippen molar-refractivity contribution in [3.8, 4) is 0 Å². The first kappa shape index (κ1) is 17.5. The molecule has 0 saturated carbocycles. The Morgan fingerprint density at radius 1 is 1.21 bits per heavy atom. The van der Waals surface area contributed by atoms with Crippen molar-refractivity contribution in [1.29, 1.82) is 0 Å². The molecule has 0 aromatic carbocycles. The van der Waals surface area contributed by atoms with Gasteiger partial charge in [0.15, 0.2) is 0 Å². The first-order valence-electron chi connectivity index (χ1n) is 7.78. The molecule has 1 N–H and O–H groups in total. The summed E-state index contributed by atoms with van der Waals surface area (Å²) in [4.78, 5) is 4.20. The number of nitrogens with zero attached hydrogens (tertiary/aromatic N) is 3. The molecule has 2 heterocycles. The lowest BCUT2D eigenvalue weighted by Gasteiger charge is -2.11. The molecule has 0 aliphatic rings. The highest BCUT2D eigenvalue weighted by Crippen LogP contribution is 2.16. The van der Waals surface area contributed by atoms with Gasteiger partial charge in [-0.2, -0.15) is 5.10 Å². The molecule has 0 saturated heterocycles. The maximum Gasteiger partial charge on any atom is 0.0567 e. The highest BCUT2D eigenvalue weighted by Gasteiger charge is 2.01. The lowest BCUT2D eigenvalue weighted by molar-refractivity contribution is 0.767. The molecule has 4 heteroatoms. The van der Waals surface area contributed by atoms with Crippen LogP contribution in [0.2, 0.25) is 0 Å². The van der Waals surface area contributed by atoms with Gasteiger partial charge >= 0.3 is 0 Å². The predicted molar refractivity (Wildman–Crippen MR) is 101 cm³/mol. The second-order valence-corrected chi connectivity index (χ2v) is 5.93. The van der Waals surface area contributed by atoms with Crippen LogP contribution in [0, 0.1) is 6.92 Å². The Balaban J connectivity index is 2.05. The van der Waals surface area contributed by atoms with Crippen LogP contribution in [0.4, 0.5) is 0 Å². The molecule has 0 aliphatic heterocycles. The van der Waals surface area contributed by atoms with Crippen LogP contribution in [0.25, 0.3) is 11.3 Å². The van der Waals surface area contributed by atoms with E-state index < -0.39 is 0 Å². The van der Waals surface area contributed by atoms with Gasteiger partial charge in [-0.3, -0.25) is 9.67 Å². The molecule has 4 nitrogen and oxygen atoms in total. The van der Waals surface area contributed by atoms with E-state index in [1.54, 1.807) is 10.9 Å². The zero-order valence-electron chi connectivity index (χ0n) is 14.8. The van der Waals surface area contributed by atoms with E-state index in [2.05, 4.69) is 34.6 Å². The van der Waals surface area contributed by atoms with Crippen LogP contribution in [0.3, 0.4) is 0 Å². The quantitative estimate of drug-likeness (QED) is 0.809. The maximum atomic E-state index is 4.20. The first-order chi connectivity index (χ1) is 11.3. The molecule has 124 valence electrons. The lowest BCUT2D eigenvalue weighted by atomic mass is 10.1. The Bertz CT molecular complexity index is 822. The van der Waals surface area contributed by atoms with Crippen molar-refractivity contribution in [2.24, 2.45) is 7.05 Å². The Morgan fingerprint density at radius 2 is 1.96 bits per heavy atom. The van der Waals surface area contributed by atoms with E-state index in [0.717, 1.165) is 39.4 Å². The minimum Gasteiger partial charge on any atom is -0.359 e. The number of rotatable bonds is 6. The Morgan fingerprint density at radius 3 is 2.58 bits per heavy atom. The fourth-order valence-electron chi connectivity index (χ4n) is 2.41. The van der Waals surface area contributed by atoms with E-state index in [0.29, 0.717) is 0 Å². The molecule has 24 heavy (non-hydrogen) atoms. The average Bonchev–Trinajstić information content (AvgIpc) is 2.93. The normalized spacial score (nSPS) is 12.2. The van der Waals surface area contributed by atoms with Gasteiger partial charge in [0.1, 0.15) is 0 Å². The largest absolute Gasteiger partial charge is 0.359 e. The molecule has 0 radical (unpaired) electrons. The fourth-order valence-corrected chi connectivity index (χ4v) is 2.41. The van der Waals surface area contributed by atoms with E-state index in [9.17, 15) is 0 Å². The minimum atomic E-state index is 0.855. The third-order valence-corrected chi connectivity index (χ3v) is 3.51. The molecule has 0 unspecified atom stereocenters. The van der Waals surface area contributed by atoms with Gasteiger partial charge in [0.25, 0.3) is 0 Å². The van der Waals surface area contributed by atoms with Crippen LogP contribution in [0.1, 0.15) is 30.7 Å². The zero-order chi connectivity index (χ0) is 17.7. The van der Waals surface area contributed by atoms with Gasteiger partial charge in [-0.15, -0.1) is 0 Å². The minimum absolute atomic E-state index is 0.855. The SMILES string of the molecule is C=C(/C=C(C)/C=C(\C)NC(=C)c1ccnc(C)c1)c1cnn(C)c1. The van der Waals surface area contributed by atoms with E-state index in [-0.39, 0.29) is 0 Å². The summed E-state index contributed by atoms with van der Waals surface area (Å²) < 4.78 is 1.77. The summed E-state index contributed by atoms with van der Waals surface area (Å²) >= 11 is 0. The van der Waals surface area contributed by atoms with Crippen LogP contribution in [0.5, 0.6) is 0 Å². The fraction of sp³-hybridized carbons (Fsp3) is 0.200. The number of nitrogens with one attached hydrogen (secondary N) is 1. The number of pyridine rings is 1. The van der Waals surface area contributed by atoms with Crippen molar-refractivity contribution < 1.29 is 0 Å². The van der Waals surface area contributed by atoms with Crippen LogP contribution in [0.15, 0.2) is 67.3 Å². The summed E-state index contributed by atoms with van der Waals surface area (Å²) in [6.07, 6.45) is 9.67. The summed E-state index contributed by atoms with van der Waals surface area (Å²) in [5.41, 5.74) is 6.95. The molecule has 2 aromatic rings. The predicted octanol–water partition coefficient (Wildman–Crippen LogP) is 4.25. The van der Waals surface area contributed by atoms with Gasteiger partial charge in [0, 0.05) is 47.7 Å². The number of aryl methyl sites for hydroxylation is 2. The van der Waals surface area contributed by atoms with E-state index >= 15 is 0 Å². The van der Waals surface area contributed by atoms with Gasteiger partial charge < -0.3 is 5.32 Å². The molecule has 0 bridgehead atoms. The van der Waals surface area contributed by atoms with Gasteiger partial charge in [0.2, 0.25) is 0 Å². The topological polar surface area (TPSA) is 42.7 Å². The highest BCUT2D eigenvalue weighted by atomic mass is 15.2. The smallest absolute Gasteiger partial charge is 0.0567 e. The van der Waals surface area contributed by atoms with Crippen molar-refractivity contribution in [2.75, 3.05) is 0 Å². The summed E-state index contributed by atoms with van der Waals surface area (Å²) in [6.45, 7) is 14.2. The van der Waals surface area contributed by atoms with Crippen molar-refractivity contribution in [1.82, 2.24) is 20.1 Å². The second kappa shape index (κ2) is 7.59. The monoisotopic (exact) mass is 320 g/mol. The summed E-state index contributed by atoms with van der Waals surface area (Å²) in [5.74, 6) is 0. The van der Waals surface area contributed by atoms with Crippen molar-refractivity contribution >= 4 is 11.3 Å². The van der Waals surface area contributed by atoms with Crippen molar-refractivity contribution in [3.05, 3.63) is 84.1 Å². The van der Waals surface area contributed by atoms with Gasteiger partial charge in [-0.05, 0) is 50.1 Å². The Labute approximate surface area is 143 Å². The Hall–Kier alpha value is -2.88. The van der Waals surface area contributed by atoms with Crippen LogP contribution in [-0.2, 0) is 7.05 Å². The number of allylic oxidation sites excluding steroid dienone is 5. The molecule has 0 aliphatic carbocycles. The molecule has 0 spiro atoms. The molecular formula is C20H24N4. The lowest BCUT2D eigenvalue weighted by Crippen LogP contribution is -2.09. The number of hydrogen-bond donors (Lipinski definition) is 1. The van der Waals surface area contributed by atoms with Gasteiger partial charge in [0.05, 0.1) is 6.20 Å². The standard InChI is InChI=1S/C20H24N4/c1-14(9-15(2)20-12-22-24(6)13-20)10-17(4)23-18(5)19-7-8-21-16(3)11-19/h7-13,23H,2,5H2,1,3-4,6H3/b14-9+,17-10+. The summed E-state index contributed by atoms with van der Waals surface area (Å²) in [5, 5.41) is 7.49. The molecule has 2 rings (SSSR count). The van der Waals surface area contributed by atoms with Crippen LogP contribution >= 0.6 is 0 Å². The molecular weight excluding hydrogens is 296 g/mol. The van der Waals surface area contributed by atoms with E-state index in [4.69, 9.17) is 0 Å². The Kier molecular flexibility index (Phi) is 5.53. The second-order valence-electron chi connectivity index (χ2n) is 5.93. The van der Waals surface area contributed by atoms with Crippen LogP contribution < -0.4 is 5.32 Å². The van der Waals surface area contributed by atoms with Gasteiger partial charge in [-0.25, -0.2) is 0 Å². The van der Waals surface area contributed by atoms with E-state index in [1.807, 2.05) is 58.4 Å². The van der Waals surface area contributed by atoms with E-state index in [1.165, 1.54) is 0 Å². The third kappa shape index (κ3) is 4.81. The summed E-state index contributed by atoms with van der Waals surface area (Å²) in [6, 6.07) is 3.96. The van der Waals surface area contributed by atoms with Crippen molar-refractivity contribution in [3.63, 3.8) is 0 Å². The summed E-state index contributed by atoms with van der Waals surface area (Å²) in [7, 11) is 1.90. The van der Waals surface area contributed by atoms with Gasteiger partial charge in [-0.1, -0.05) is 19.2 Å². The average molecular weight is 320 g/mol. The number of aromatic nitrogens is 3. The number of hydrogen-bond acceptors (Lipinski definition) is 3. The third-order valence-electron chi connectivity index (χ3n) is 3.51. The van der Waals surface area contributed by atoms with Crippen LogP contribution in [-0.4, -0.2) is 14.8 Å². The van der Waals surface area contributed by atoms with Crippen molar-refractivity contribution in [2.45, 2.75) is 20.8 Å². The maximum absolute atomic E-state index is 4.20. The zero-order valence-corrected chi connectivity index (χ0v) is 14.8. The molecule has 0 amide bonds. The molecule has 0 atom stereocenters.